The van der Waals surface area contributed by atoms with Gasteiger partial charge >= 0.3 is 5.97 Å². The maximum atomic E-state index is 12.6. The van der Waals surface area contributed by atoms with E-state index in [-0.39, 0.29) is 22.8 Å². The SMILES string of the molecule is O=C(NC1CC(C(=O)O)C1)c1ccc(S(=O)(=O)N2CCCCC2)cc1. The Labute approximate surface area is 147 Å². The number of carbonyl (C=O) groups is 2. The molecular formula is C17H22N2O5S. The molecule has 1 amide bonds. The molecule has 3 rings (SSSR count). The summed E-state index contributed by atoms with van der Waals surface area (Å²) < 4.78 is 26.6. The number of carboxylic acids is 1. The van der Waals surface area contributed by atoms with Crippen LogP contribution in [0.2, 0.25) is 0 Å². The summed E-state index contributed by atoms with van der Waals surface area (Å²) in [5.41, 5.74) is 0.372. The molecule has 2 N–H and O–H groups in total. The first-order valence-electron chi connectivity index (χ1n) is 8.52. The lowest BCUT2D eigenvalue weighted by atomic mass is 9.80. The van der Waals surface area contributed by atoms with Crippen molar-refractivity contribution in [3.8, 4) is 0 Å². The van der Waals surface area contributed by atoms with Crippen LogP contribution in [0.5, 0.6) is 0 Å². The summed E-state index contributed by atoms with van der Waals surface area (Å²) in [7, 11) is -3.50. The zero-order chi connectivity index (χ0) is 18.0. The molecule has 0 aromatic heterocycles. The topological polar surface area (TPSA) is 104 Å². The molecule has 1 aromatic rings. The van der Waals surface area contributed by atoms with E-state index < -0.39 is 16.0 Å². The number of rotatable bonds is 5. The van der Waals surface area contributed by atoms with E-state index in [1.54, 1.807) is 0 Å². The molecule has 2 fully saturated rings. The number of sulfonamides is 1. The Hall–Kier alpha value is -1.93. The van der Waals surface area contributed by atoms with Gasteiger partial charge in [0.2, 0.25) is 10.0 Å². The van der Waals surface area contributed by atoms with Crippen LogP contribution in [0.4, 0.5) is 0 Å². The number of aliphatic carboxylic acids is 1. The molecule has 1 saturated heterocycles. The highest BCUT2D eigenvalue weighted by molar-refractivity contribution is 7.89. The summed E-state index contributed by atoms with van der Waals surface area (Å²) in [6, 6.07) is 5.78. The highest BCUT2D eigenvalue weighted by Gasteiger charge is 2.35. The molecule has 1 saturated carbocycles. The fourth-order valence-corrected chi connectivity index (χ4v) is 4.76. The van der Waals surface area contributed by atoms with Crippen LogP contribution in [0.25, 0.3) is 0 Å². The zero-order valence-electron chi connectivity index (χ0n) is 13.8. The van der Waals surface area contributed by atoms with Gasteiger partial charge in [-0.25, -0.2) is 8.42 Å². The van der Waals surface area contributed by atoms with Crippen molar-refractivity contribution < 1.29 is 23.1 Å². The predicted octanol–water partition coefficient (Wildman–Crippen LogP) is 1.45. The second-order valence-corrected chi connectivity index (χ2v) is 8.60. The molecule has 0 bridgehead atoms. The van der Waals surface area contributed by atoms with E-state index in [0.29, 0.717) is 31.5 Å². The van der Waals surface area contributed by atoms with Crippen LogP contribution in [0.3, 0.4) is 0 Å². The van der Waals surface area contributed by atoms with Crippen LogP contribution >= 0.6 is 0 Å². The van der Waals surface area contributed by atoms with E-state index in [1.807, 2.05) is 0 Å². The molecule has 1 heterocycles. The van der Waals surface area contributed by atoms with E-state index in [4.69, 9.17) is 5.11 Å². The van der Waals surface area contributed by atoms with Gasteiger partial charge in [-0.2, -0.15) is 4.31 Å². The van der Waals surface area contributed by atoms with Crippen molar-refractivity contribution in [2.24, 2.45) is 5.92 Å². The Morgan fingerprint density at radius 2 is 1.64 bits per heavy atom. The second-order valence-electron chi connectivity index (χ2n) is 6.67. The Bertz CT molecular complexity index is 748. The van der Waals surface area contributed by atoms with Crippen LogP contribution in [0.1, 0.15) is 42.5 Å². The van der Waals surface area contributed by atoms with Gasteiger partial charge in [-0.05, 0) is 49.9 Å². The summed E-state index contributed by atoms with van der Waals surface area (Å²) in [6.07, 6.45) is 3.66. The first kappa shape index (κ1) is 17.9. The Morgan fingerprint density at radius 3 is 2.20 bits per heavy atom. The number of benzene rings is 1. The van der Waals surface area contributed by atoms with E-state index in [2.05, 4.69) is 5.32 Å². The number of nitrogens with one attached hydrogen (secondary N) is 1. The highest BCUT2D eigenvalue weighted by atomic mass is 32.2. The Kier molecular flexibility index (Phi) is 5.10. The third-order valence-corrected chi connectivity index (χ3v) is 6.80. The van der Waals surface area contributed by atoms with Crippen molar-refractivity contribution in [3.63, 3.8) is 0 Å². The van der Waals surface area contributed by atoms with E-state index in [0.717, 1.165) is 19.3 Å². The monoisotopic (exact) mass is 366 g/mol. The lowest BCUT2D eigenvalue weighted by Gasteiger charge is -2.32. The van der Waals surface area contributed by atoms with Crippen molar-refractivity contribution in [2.45, 2.75) is 43.0 Å². The van der Waals surface area contributed by atoms with Crippen molar-refractivity contribution in [2.75, 3.05) is 13.1 Å². The predicted molar refractivity (Wildman–Crippen MR) is 90.7 cm³/mol. The van der Waals surface area contributed by atoms with Gasteiger partial charge < -0.3 is 10.4 Å². The van der Waals surface area contributed by atoms with E-state index >= 15 is 0 Å². The van der Waals surface area contributed by atoms with Crippen molar-refractivity contribution in [3.05, 3.63) is 29.8 Å². The minimum Gasteiger partial charge on any atom is -0.481 e. The second kappa shape index (κ2) is 7.13. The first-order valence-corrected chi connectivity index (χ1v) is 9.96. The summed E-state index contributed by atoms with van der Waals surface area (Å²) in [5.74, 6) is -1.53. The minimum atomic E-state index is -3.50. The van der Waals surface area contributed by atoms with Gasteiger partial charge in [-0.1, -0.05) is 6.42 Å². The van der Waals surface area contributed by atoms with Crippen molar-refractivity contribution >= 4 is 21.9 Å². The van der Waals surface area contributed by atoms with Gasteiger partial charge in [0, 0.05) is 24.7 Å². The third-order valence-electron chi connectivity index (χ3n) is 4.89. The third kappa shape index (κ3) is 3.85. The molecule has 7 nitrogen and oxygen atoms in total. The normalized spacial score (nSPS) is 24.3. The molecular weight excluding hydrogens is 344 g/mol. The van der Waals surface area contributed by atoms with Gasteiger partial charge in [0.1, 0.15) is 0 Å². The standard InChI is InChI=1S/C17H22N2O5S/c20-16(18-14-10-13(11-14)17(21)22)12-4-6-15(7-5-12)25(23,24)19-8-2-1-3-9-19/h4-7,13-14H,1-3,8-11H2,(H,18,20)(H,21,22). The molecule has 1 aliphatic heterocycles. The maximum Gasteiger partial charge on any atom is 0.306 e. The molecule has 25 heavy (non-hydrogen) atoms. The van der Waals surface area contributed by atoms with Crippen molar-refractivity contribution in [1.29, 1.82) is 0 Å². The molecule has 1 aliphatic carbocycles. The number of amides is 1. The van der Waals surface area contributed by atoms with Crippen LogP contribution in [-0.4, -0.2) is 48.8 Å². The van der Waals surface area contributed by atoms with Crippen LogP contribution in [-0.2, 0) is 14.8 Å². The molecule has 0 spiro atoms. The fourth-order valence-electron chi connectivity index (χ4n) is 3.24. The number of carboxylic acid groups (broad SMARTS) is 1. The molecule has 1 aromatic carbocycles. The van der Waals surface area contributed by atoms with Gasteiger partial charge in [-0.15, -0.1) is 0 Å². The Balaban J connectivity index is 1.62. The van der Waals surface area contributed by atoms with E-state index in [9.17, 15) is 18.0 Å². The minimum absolute atomic E-state index is 0.134. The smallest absolute Gasteiger partial charge is 0.306 e. The number of piperidine rings is 1. The molecule has 0 atom stereocenters. The molecule has 136 valence electrons. The van der Waals surface area contributed by atoms with Gasteiger partial charge in [0.15, 0.2) is 0 Å². The average molecular weight is 366 g/mol. The average Bonchev–Trinajstić information content (AvgIpc) is 2.58. The lowest BCUT2D eigenvalue weighted by molar-refractivity contribution is -0.145. The van der Waals surface area contributed by atoms with Crippen molar-refractivity contribution in [1.82, 2.24) is 9.62 Å². The number of hydrogen-bond acceptors (Lipinski definition) is 4. The summed E-state index contributed by atoms with van der Waals surface area (Å²) in [6.45, 7) is 1.08. The summed E-state index contributed by atoms with van der Waals surface area (Å²) >= 11 is 0. The van der Waals surface area contributed by atoms with E-state index in [1.165, 1.54) is 28.6 Å². The van der Waals surface area contributed by atoms with Gasteiger partial charge in [0.05, 0.1) is 10.8 Å². The first-order chi connectivity index (χ1) is 11.9. The molecule has 0 unspecified atom stereocenters. The lowest BCUT2D eigenvalue weighted by Crippen LogP contribution is -2.46. The summed E-state index contributed by atoms with van der Waals surface area (Å²) in [5, 5.41) is 11.6. The fraction of sp³-hybridized carbons (Fsp3) is 0.529. The number of nitrogens with zero attached hydrogens (tertiary/aromatic N) is 1. The maximum absolute atomic E-state index is 12.6. The zero-order valence-corrected chi connectivity index (χ0v) is 14.7. The van der Waals surface area contributed by atoms with Crippen LogP contribution in [0.15, 0.2) is 29.2 Å². The van der Waals surface area contributed by atoms with Crippen LogP contribution in [0, 0.1) is 5.92 Å². The largest absolute Gasteiger partial charge is 0.481 e. The summed E-state index contributed by atoms with van der Waals surface area (Å²) in [4.78, 5) is 23.1. The van der Waals surface area contributed by atoms with Gasteiger partial charge in [0.25, 0.3) is 5.91 Å². The molecule has 8 heteroatoms. The molecule has 2 aliphatic rings. The number of carbonyl (C=O) groups excluding carboxylic acids is 1. The quantitative estimate of drug-likeness (QED) is 0.821. The molecule has 0 radical (unpaired) electrons. The van der Waals surface area contributed by atoms with Gasteiger partial charge in [-0.3, -0.25) is 9.59 Å². The van der Waals surface area contributed by atoms with Crippen LogP contribution < -0.4 is 5.32 Å². The number of hydrogen-bond donors (Lipinski definition) is 2. The Morgan fingerprint density at radius 1 is 1.04 bits per heavy atom. The highest BCUT2D eigenvalue weighted by Crippen LogP contribution is 2.28.